The molecule has 0 amide bonds. The predicted molar refractivity (Wildman–Crippen MR) is 39.6 cm³/mol. The third-order valence-corrected chi connectivity index (χ3v) is 1.73. The number of rotatable bonds is 2. The molecule has 0 fully saturated rings. The van der Waals surface area contributed by atoms with Gasteiger partial charge in [-0.2, -0.15) is 9.78 Å². The van der Waals surface area contributed by atoms with Crippen LogP contribution in [-0.2, 0) is 11.1 Å². The number of carboxylic acid groups (broad SMARTS) is 1. The number of hydrogen-bond donors (Lipinski definition) is 1. The number of nitrogens with zero attached hydrogens (tertiary/aromatic N) is 2. The van der Waals surface area contributed by atoms with E-state index in [0.717, 1.165) is 6.20 Å². The average molecular weight is 208 g/mol. The summed E-state index contributed by atoms with van der Waals surface area (Å²) in [6, 6.07) is 0. The minimum atomic E-state index is -4.60. The Balaban J connectivity index is 2.94. The molecule has 0 aliphatic rings. The fourth-order valence-electron chi connectivity index (χ4n) is 0.842. The number of aliphatic carboxylic acids is 1. The summed E-state index contributed by atoms with van der Waals surface area (Å²) < 4.78 is 35.8. The van der Waals surface area contributed by atoms with Crippen molar-refractivity contribution in [3.8, 4) is 0 Å². The molecule has 1 aromatic heterocycles. The molecule has 14 heavy (non-hydrogen) atoms. The summed E-state index contributed by atoms with van der Waals surface area (Å²) in [5, 5.41) is 11.5. The van der Waals surface area contributed by atoms with Crippen LogP contribution < -0.4 is 0 Å². The Morgan fingerprint density at radius 1 is 1.64 bits per heavy atom. The highest BCUT2D eigenvalue weighted by Crippen LogP contribution is 2.23. The smallest absolute Gasteiger partial charge is 0.481 e. The molecule has 1 aromatic rings. The Labute approximate surface area is 77.0 Å². The lowest BCUT2D eigenvalue weighted by Gasteiger charge is -2.04. The molecular weight excluding hydrogens is 201 g/mol. The van der Waals surface area contributed by atoms with Gasteiger partial charge in [0.25, 0.3) is 0 Å². The topological polar surface area (TPSA) is 55.1 Å². The molecule has 0 aliphatic heterocycles. The summed E-state index contributed by atoms with van der Waals surface area (Å²) in [6.07, 6.45) is -3.04. The highest BCUT2D eigenvalue weighted by atomic mass is 19.4. The maximum absolute atomic E-state index is 12.0. The van der Waals surface area contributed by atoms with Crippen LogP contribution >= 0.6 is 0 Å². The molecule has 0 aromatic carbocycles. The second-order valence-corrected chi connectivity index (χ2v) is 2.75. The van der Waals surface area contributed by atoms with E-state index < -0.39 is 18.2 Å². The van der Waals surface area contributed by atoms with Gasteiger partial charge in [0.1, 0.15) is 0 Å². The predicted octanol–water partition coefficient (Wildman–Crippen LogP) is 1.55. The molecule has 1 N–H and O–H groups in total. The number of hydrogen-bond acceptors (Lipinski definition) is 2. The van der Waals surface area contributed by atoms with E-state index in [2.05, 4.69) is 5.10 Å². The molecule has 1 heterocycles. The van der Waals surface area contributed by atoms with Crippen LogP contribution in [0.3, 0.4) is 0 Å². The molecular formula is C7H7F3N2O2. The average Bonchev–Trinajstić information content (AvgIpc) is 2.49. The number of halogens is 3. The first-order valence-corrected chi connectivity index (χ1v) is 3.67. The molecule has 0 radical (unpaired) electrons. The monoisotopic (exact) mass is 208 g/mol. The number of carboxylic acids is 1. The van der Waals surface area contributed by atoms with E-state index in [1.165, 1.54) is 6.92 Å². The fraction of sp³-hybridized carbons (Fsp3) is 0.429. The molecule has 0 saturated heterocycles. The van der Waals surface area contributed by atoms with Crippen molar-refractivity contribution >= 4 is 5.97 Å². The zero-order chi connectivity index (χ0) is 10.9. The first-order valence-electron chi connectivity index (χ1n) is 3.67. The maximum atomic E-state index is 12.0. The minimum absolute atomic E-state index is 0.0230. The lowest BCUT2D eigenvalue weighted by molar-refractivity contribution is -0.212. The van der Waals surface area contributed by atoms with Crippen LogP contribution in [0.4, 0.5) is 13.2 Å². The third kappa shape index (κ3) is 2.04. The number of carbonyl (C=O) groups is 1. The molecule has 0 spiro atoms. The molecule has 1 unspecified atom stereocenters. The van der Waals surface area contributed by atoms with Gasteiger partial charge >= 0.3 is 12.3 Å². The Bertz CT molecular complexity index is 345. The molecule has 1 rings (SSSR count). The van der Waals surface area contributed by atoms with Gasteiger partial charge in [-0.1, -0.05) is 0 Å². The Morgan fingerprint density at radius 3 is 2.57 bits per heavy atom. The largest absolute Gasteiger partial charge is 0.504 e. The minimum Gasteiger partial charge on any atom is -0.481 e. The molecule has 4 nitrogen and oxygen atoms in total. The zero-order valence-electron chi connectivity index (χ0n) is 7.12. The normalized spacial score (nSPS) is 14.0. The van der Waals surface area contributed by atoms with Crippen molar-refractivity contribution in [2.24, 2.45) is 0 Å². The SMILES string of the molecule is CC(C(=O)O)c1cnn(C(F)(F)F)c1. The van der Waals surface area contributed by atoms with Gasteiger partial charge in [-0.15, -0.1) is 13.2 Å². The van der Waals surface area contributed by atoms with E-state index >= 15 is 0 Å². The van der Waals surface area contributed by atoms with Crippen LogP contribution in [0.15, 0.2) is 12.4 Å². The maximum Gasteiger partial charge on any atom is 0.504 e. The van der Waals surface area contributed by atoms with E-state index in [4.69, 9.17) is 5.11 Å². The van der Waals surface area contributed by atoms with E-state index in [0.29, 0.717) is 6.20 Å². The molecule has 7 heteroatoms. The summed E-state index contributed by atoms with van der Waals surface area (Å²) in [6.45, 7) is 1.29. The molecule has 0 aliphatic carbocycles. The summed E-state index contributed by atoms with van der Waals surface area (Å²) >= 11 is 0. The van der Waals surface area contributed by atoms with Crippen molar-refractivity contribution in [3.05, 3.63) is 18.0 Å². The lowest BCUT2D eigenvalue weighted by atomic mass is 10.1. The van der Waals surface area contributed by atoms with Gasteiger partial charge in [-0.25, -0.2) is 0 Å². The standard InChI is InChI=1S/C7H7F3N2O2/c1-4(6(13)14)5-2-11-12(3-5)7(8,9)10/h2-4H,1H3,(H,13,14). The molecule has 1 atom stereocenters. The Morgan fingerprint density at radius 2 is 2.21 bits per heavy atom. The van der Waals surface area contributed by atoms with E-state index in [9.17, 15) is 18.0 Å². The van der Waals surface area contributed by atoms with Crippen LogP contribution in [0.1, 0.15) is 18.4 Å². The van der Waals surface area contributed by atoms with E-state index in [1.807, 2.05) is 0 Å². The van der Waals surface area contributed by atoms with Gasteiger partial charge in [0.2, 0.25) is 0 Å². The van der Waals surface area contributed by atoms with Gasteiger partial charge in [-0.05, 0) is 6.92 Å². The van der Waals surface area contributed by atoms with Crippen molar-refractivity contribution < 1.29 is 23.1 Å². The van der Waals surface area contributed by atoms with Gasteiger partial charge in [-0.3, -0.25) is 4.79 Å². The summed E-state index contributed by atoms with van der Waals surface area (Å²) in [7, 11) is 0. The quantitative estimate of drug-likeness (QED) is 0.802. The van der Waals surface area contributed by atoms with Gasteiger partial charge < -0.3 is 5.11 Å². The number of aromatic nitrogens is 2. The summed E-state index contributed by atoms with van der Waals surface area (Å²) in [5.41, 5.74) is 0.0230. The lowest BCUT2D eigenvalue weighted by Crippen LogP contribution is -2.17. The van der Waals surface area contributed by atoms with E-state index in [1.54, 1.807) is 0 Å². The van der Waals surface area contributed by atoms with Crippen molar-refractivity contribution in [1.29, 1.82) is 0 Å². The second-order valence-electron chi connectivity index (χ2n) is 2.75. The first-order chi connectivity index (χ1) is 6.32. The van der Waals surface area contributed by atoms with Crippen LogP contribution in [0.25, 0.3) is 0 Å². The summed E-state index contributed by atoms with van der Waals surface area (Å²) in [4.78, 5) is 10.4. The molecule has 0 saturated carbocycles. The first kappa shape index (κ1) is 10.6. The van der Waals surface area contributed by atoms with Crippen molar-refractivity contribution in [3.63, 3.8) is 0 Å². The van der Waals surface area contributed by atoms with Crippen molar-refractivity contribution in [2.45, 2.75) is 19.1 Å². The molecule has 78 valence electrons. The third-order valence-electron chi connectivity index (χ3n) is 1.73. The van der Waals surface area contributed by atoms with Gasteiger partial charge in [0, 0.05) is 11.8 Å². The van der Waals surface area contributed by atoms with Crippen LogP contribution in [0, 0.1) is 0 Å². The highest BCUT2D eigenvalue weighted by Gasteiger charge is 2.32. The number of alkyl halides is 3. The second kappa shape index (κ2) is 3.32. The molecule has 0 bridgehead atoms. The van der Waals surface area contributed by atoms with Crippen molar-refractivity contribution in [1.82, 2.24) is 9.78 Å². The van der Waals surface area contributed by atoms with Crippen LogP contribution in [0.2, 0.25) is 0 Å². The van der Waals surface area contributed by atoms with E-state index in [-0.39, 0.29) is 10.2 Å². The van der Waals surface area contributed by atoms with Crippen molar-refractivity contribution in [2.75, 3.05) is 0 Å². The van der Waals surface area contributed by atoms with Crippen LogP contribution in [0.5, 0.6) is 0 Å². The zero-order valence-corrected chi connectivity index (χ0v) is 7.12. The highest BCUT2D eigenvalue weighted by molar-refractivity contribution is 5.75. The Kier molecular flexibility index (Phi) is 2.50. The van der Waals surface area contributed by atoms with Crippen LogP contribution in [-0.4, -0.2) is 20.9 Å². The van der Waals surface area contributed by atoms with Gasteiger partial charge in [0.05, 0.1) is 12.1 Å². The van der Waals surface area contributed by atoms with Gasteiger partial charge in [0.15, 0.2) is 0 Å². The fourth-order valence-corrected chi connectivity index (χ4v) is 0.842. The summed E-state index contributed by atoms with van der Waals surface area (Å²) in [5.74, 6) is -2.18. The Hall–Kier alpha value is -1.53.